The summed E-state index contributed by atoms with van der Waals surface area (Å²) in [5, 5.41) is 5.81. The van der Waals surface area contributed by atoms with Gasteiger partial charge in [-0.3, -0.25) is 0 Å². The molecule has 0 fully saturated rings. The molecule has 3 aromatic rings. The summed E-state index contributed by atoms with van der Waals surface area (Å²) in [7, 11) is 0. The third kappa shape index (κ3) is 7.64. The highest BCUT2D eigenvalue weighted by molar-refractivity contribution is 5.63. The lowest BCUT2D eigenvalue weighted by Crippen LogP contribution is -2.12. The molecule has 0 aliphatic heterocycles. The number of benzene rings is 2. The first-order chi connectivity index (χ1) is 16.4. The maximum absolute atomic E-state index is 13.6. The highest BCUT2D eigenvalue weighted by Gasteiger charge is 2.35. The number of ether oxygens (including phenoxy) is 1. The van der Waals surface area contributed by atoms with Crippen molar-refractivity contribution in [3.8, 4) is 5.75 Å². The van der Waals surface area contributed by atoms with Crippen LogP contribution in [0.2, 0.25) is 0 Å². The van der Waals surface area contributed by atoms with Gasteiger partial charge in [0, 0.05) is 17.6 Å². The van der Waals surface area contributed by atoms with Crippen LogP contribution < -0.4 is 15.4 Å². The van der Waals surface area contributed by atoms with Crippen LogP contribution in [0.3, 0.4) is 0 Å². The summed E-state index contributed by atoms with van der Waals surface area (Å²) >= 11 is 0. The number of halogens is 3. The lowest BCUT2D eigenvalue weighted by molar-refractivity contribution is -0.137. The van der Waals surface area contributed by atoms with Crippen LogP contribution in [-0.2, 0) is 12.6 Å². The average molecular weight is 473 g/mol. The summed E-state index contributed by atoms with van der Waals surface area (Å²) in [5.74, 6) is 0.488. The van der Waals surface area contributed by atoms with Gasteiger partial charge < -0.3 is 15.4 Å². The Balaban J connectivity index is 1.77. The van der Waals surface area contributed by atoms with Crippen molar-refractivity contribution in [2.24, 2.45) is 0 Å². The van der Waals surface area contributed by atoms with E-state index in [9.17, 15) is 13.2 Å². The number of anilines is 4. The van der Waals surface area contributed by atoms with Crippen molar-refractivity contribution >= 4 is 23.1 Å². The normalized spacial score (nSPS) is 11.3. The van der Waals surface area contributed by atoms with Crippen molar-refractivity contribution in [2.75, 3.05) is 17.2 Å². The number of alkyl halides is 3. The van der Waals surface area contributed by atoms with Gasteiger partial charge in [-0.2, -0.15) is 18.2 Å². The zero-order valence-corrected chi connectivity index (χ0v) is 19.6. The molecule has 1 heterocycles. The predicted octanol–water partition coefficient (Wildman–Crippen LogP) is 7.89. The SMILES string of the molecule is CCCCCCc1cccc(Nc2nc(Nc3ccc(OCCC)cc3)ncc2C(F)(F)F)c1. The smallest absolute Gasteiger partial charge is 0.421 e. The summed E-state index contributed by atoms with van der Waals surface area (Å²) in [6.45, 7) is 4.79. The molecule has 0 aliphatic rings. The Bertz CT molecular complexity index is 1040. The minimum Gasteiger partial charge on any atom is -0.494 e. The molecule has 0 unspecified atom stereocenters. The van der Waals surface area contributed by atoms with Crippen molar-refractivity contribution in [1.82, 2.24) is 9.97 Å². The second-order valence-electron chi connectivity index (χ2n) is 8.09. The third-order valence-electron chi connectivity index (χ3n) is 5.19. The molecule has 8 heteroatoms. The molecule has 34 heavy (non-hydrogen) atoms. The molecule has 0 atom stereocenters. The fourth-order valence-electron chi connectivity index (χ4n) is 3.43. The van der Waals surface area contributed by atoms with Gasteiger partial charge in [0.25, 0.3) is 0 Å². The number of rotatable bonds is 12. The van der Waals surface area contributed by atoms with E-state index in [0.717, 1.165) is 49.6 Å². The standard InChI is InChI=1S/C26H31F3N4O/c1-3-5-6-7-9-19-10-8-11-21(17-19)31-24-23(26(27,28)29)18-30-25(33-24)32-20-12-14-22(15-13-20)34-16-4-2/h8,10-15,17-18H,3-7,9,16H2,1-2H3,(H2,30,31,32,33). The molecule has 3 rings (SSSR count). The Kier molecular flexibility index (Phi) is 9.13. The summed E-state index contributed by atoms with van der Waals surface area (Å²) in [4.78, 5) is 8.01. The van der Waals surface area contributed by atoms with Gasteiger partial charge in [0.2, 0.25) is 5.95 Å². The Labute approximate surface area is 198 Å². The second-order valence-corrected chi connectivity index (χ2v) is 8.09. The monoisotopic (exact) mass is 472 g/mol. The fraction of sp³-hybridized carbons (Fsp3) is 0.385. The Morgan fingerprint density at radius 2 is 1.68 bits per heavy atom. The summed E-state index contributed by atoms with van der Waals surface area (Å²) in [5.41, 5.74) is 1.35. The fourth-order valence-corrected chi connectivity index (χ4v) is 3.43. The van der Waals surface area contributed by atoms with E-state index >= 15 is 0 Å². The third-order valence-corrected chi connectivity index (χ3v) is 5.19. The van der Waals surface area contributed by atoms with E-state index in [1.165, 1.54) is 6.42 Å². The maximum Gasteiger partial charge on any atom is 0.421 e. The Morgan fingerprint density at radius 1 is 0.882 bits per heavy atom. The average Bonchev–Trinajstić information content (AvgIpc) is 2.81. The van der Waals surface area contributed by atoms with Crippen LogP contribution in [0.1, 0.15) is 57.1 Å². The van der Waals surface area contributed by atoms with Crippen LogP contribution >= 0.6 is 0 Å². The molecule has 0 bridgehead atoms. The number of nitrogens with zero attached hydrogens (tertiary/aromatic N) is 2. The predicted molar refractivity (Wildman–Crippen MR) is 130 cm³/mol. The van der Waals surface area contributed by atoms with Crippen LogP contribution in [0.4, 0.5) is 36.3 Å². The highest BCUT2D eigenvalue weighted by atomic mass is 19.4. The van der Waals surface area contributed by atoms with E-state index in [1.807, 2.05) is 25.1 Å². The Morgan fingerprint density at radius 3 is 2.38 bits per heavy atom. The lowest BCUT2D eigenvalue weighted by atomic mass is 10.1. The number of nitrogens with one attached hydrogen (secondary N) is 2. The minimum absolute atomic E-state index is 0.0634. The van der Waals surface area contributed by atoms with E-state index in [0.29, 0.717) is 18.0 Å². The van der Waals surface area contributed by atoms with Crippen LogP contribution in [0.5, 0.6) is 5.75 Å². The zero-order valence-electron chi connectivity index (χ0n) is 19.6. The van der Waals surface area contributed by atoms with E-state index in [4.69, 9.17) is 4.74 Å². The quantitative estimate of drug-likeness (QED) is 0.262. The number of unbranched alkanes of at least 4 members (excludes halogenated alkanes) is 3. The van der Waals surface area contributed by atoms with Crippen molar-refractivity contribution in [2.45, 2.75) is 58.5 Å². The highest BCUT2D eigenvalue weighted by Crippen LogP contribution is 2.35. The van der Waals surface area contributed by atoms with Crippen molar-refractivity contribution < 1.29 is 17.9 Å². The largest absolute Gasteiger partial charge is 0.494 e. The van der Waals surface area contributed by atoms with Gasteiger partial charge in [0.1, 0.15) is 17.1 Å². The zero-order chi connectivity index (χ0) is 24.4. The van der Waals surface area contributed by atoms with Crippen molar-refractivity contribution in [3.05, 3.63) is 65.9 Å². The second kappa shape index (κ2) is 12.3. The van der Waals surface area contributed by atoms with Crippen molar-refractivity contribution in [3.63, 3.8) is 0 Å². The van der Waals surface area contributed by atoms with Crippen LogP contribution in [0.15, 0.2) is 54.7 Å². The lowest BCUT2D eigenvalue weighted by Gasteiger charge is -2.15. The summed E-state index contributed by atoms with van der Waals surface area (Å²) in [6.07, 6.45) is 2.52. The molecule has 0 saturated carbocycles. The molecule has 0 spiro atoms. The number of aromatic nitrogens is 2. The number of hydrogen-bond acceptors (Lipinski definition) is 5. The molecule has 5 nitrogen and oxygen atoms in total. The molecule has 2 N–H and O–H groups in total. The molecule has 182 valence electrons. The van der Waals surface area contributed by atoms with Gasteiger partial charge in [-0.15, -0.1) is 0 Å². The first-order valence-corrected chi connectivity index (χ1v) is 11.7. The van der Waals surface area contributed by atoms with Gasteiger partial charge >= 0.3 is 6.18 Å². The first-order valence-electron chi connectivity index (χ1n) is 11.7. The summed E-state index contributed by atoms with van der Waals surface area (Å²) < 4.78 is 46.4. The van der Waals surface area contributed by atoms with Gasteiger partial charge in [-0.25, -0.2) is 4.98 Å². The molecule has 2 aromatic carbocycles. The van der Waals surface area contributed by atoms with E-state index < -0.39 is 11.7 Å². The van der Waals surface area contributed by atoms with E-state index in [2.05, 4.69) is 27.5 Å². The molecule has 0 radical (unpaired) electrons. The molecule has 0 aliphatic carbocycles. The first kappa shape index (κ1) is 25.3. The maximum atomic E-state index is 13.6. The van der Waals surface area contributed by atoms with E-state index in [1.54, 1.807) is 30.3 Å². The van der Waals surface area contributed by atoms with Crippen LogP contribution in [-0.4, -0.2) is 16.6 Å². The molecule has 0 saturated heterocycles. The topological polar surface area (TPSA) is 59.1 Å². The van der Waals surface area contributed by atoms with Gasteiger partial charge in [-0.1, -0.05) is 45.2 Å². The van der Waals surface area contributed by atoms with Crippen LogP contribution in [0, 0.1) is 0 Å². The number of aryl methyl sites for hydroxylation is 1. The number of hydrogen-bond donors (Lipinski definition) is 2. The van der Waals surface area contributed by atoms with Gasteiger partial charge in [0.05, 0.1) is 6.61 Å². The van der Waals surface area contributed by atoms with Gasteiger partial charge in [-0.05, 0) is 61.2 Å². The summed E-state index contributed by atoms with van der Waals surface area (Å²) in [6, 6.07) is 14.5. The van der Waals surface area contributed by atoms with Crippen molar-refractivity contribution in [1.29, 1.82) is 0 Å². The molecule has 1 aromatic heterocycles. The Hall–Kier alpha value is -3.29. The van der Waals surface area contributed by atoms with Crippen LogP contribution in [0.25, 0.3) is 0 Å². The molecular formula is C26H31F3N4O. The molecule has 0 amide bonds. The molecular weight excluding hydrogens is 441 g/mol. The minimum atomic E-state index is -4.59. The van der Waals surface area contributed by atoms with E-state index in [-0.39, 0.29) is 11.8 Å². The van der Waals surface area contributed by atoms with Gasteiger partial charge in [0.15, 0.2) is 0 Å².